The highest BCUT2D eigenvalue weighted by molar-refractivity contribution is 5.81. The Labute approximate surface area is 116 Å². The lowest BCUT2D eigenvalue weighted by Crippen LogP contribution is -2.32. The number of carbonyl (C=O) groups is 1. The fourth-order valence-corrected chi connectivity index (χ4v) is 2.25. The van der Waals surface area contributed by atoms with E-state index in [0.29, 0.717) is 11.4 Å². The number of hydrogen-bond donors (Lipinski definition) is 1. The number of carbonyl (C=O) groups excluding carboxylic acids is 1. The van der Waals surface area contributed by atoms with Crippen molar-refractivity contribution in [3.05, 3.63) is 53.9 Å². The van der Waals surface area contributed by atoms with Gasteiger partial charge in [0.25, 0.3) is 0 Å². The van der Waals surface area contributed by atoms with Crippen LogP contribution in [0, 0.1) is 11.7 Å². The van der Waals surface area contributed by atoms with Crippen LogP contribution in [-0.4, -0.2) is 15.5 Å². The van der Waals surface area contributed by atoms with Gasteiger partial charge in [-0.2, -0.15) is 0 Å². The third-order valence-corrected chi connectivity index (χ3v) is 3.57. The van der Waals surface area contributed by atoms with E-state index in [2.05, 4.69) is 10.3 Å². The SMILES string of the molecule is Cn1ccnc1C(NC(=O)C1CC1)c1ccccc1F. The van der Waals surface area contributed by atoms with E-state index in [0.717, 1.165) is 12.8 Å². The summed E-state index contributed by atoms with van der Waals surface area (Å²) in [6, 6.07) is 5.93. The average Bonchev–Trinajstić information content (AvgIpc) is 3.20. The topological polar surface area (TPSA) is 46.9 Å². The molecule has 1 saturated carbocycles. The summed E-state index contributed by atoms with van der Waals surface area (Å²) >= 11 is 0. The Morgan fingerprint density at radius 3 is 2.80 bits per heavy atom. The molecule has 1 N–H and O–H groups in total. The molecule has 1 heterocycles. The summed E-state index contributed by atoms with van der Waals surface area (Å²) in [6.07, 6.45) is 5.26. The number of hydrogen-bond acceptors (Lipinski definition) is 2. The van der Waals surface area contributed by atoms with Gasteiger partial charge in [0.15, 0.2) is 0 Å². The number of nitrogens with one attached hydrogen (secondary N) is 1. The maximum absolute atomic E-state index is 14.0. The van der Waals surface area contributed by atoms with Crippen molar-refractivity contribution in [2.75, 3.05) is 0 Å². The molecule has 1 aliphatic rings. The zero-order chi connectivity index (χ0) is 14.1. The standard InChI is InChI=1S/C15H16FN3O/c1-19-9-8-17-14(19)13(18-15(20)10-6-7-10)11-4-2-3-5-12(11)16/h2-5,8-10,13H,6-7H2,1H3,(H,18,20). The van der Waals surface area contributed by atoms with Gasteiger partial charge in [-0.15, -0.1) is 0 Å². The summed E-state index contributed by atoms with van der Waals surface area (Å²) < 4.78 is 15.8. The first-order chi connectivity index (χ1) is 9.66. The second-order valence-electron chi connectivity index (χ2n) is 5.13. The number of aryl methyl sites for hydroxylation is 1. The van der Waals surface area contributed by atoms with Crippen LogP contribution in [0.15, 0.2) is 36.7 Å². The molecular weight excluding hydrogens is 257 g/mol. The summed E-state index contributed by atoms with van der Waals surface area (Å²) in [5.74, 6) is 0.339. The maximum Gasteiger partial charge on any atom is 0.223 e. The molecule has 1 unspecified atom stereocenters. The van der Waals surface area contributed by atoms with Gasteiger partial charge >= 0.3 is 0 Å². The molecule has 5 heteroatoms. The molecule has 1 atom stereocenters. The number of aromatic nitrogens is 2. The van der Waals surface area contributed by atoms with E-state index >= 15 is 0 Å². The van der Waals surface area contributed by atoms with Gasteiger partial charge in [-0.3, -0.25) is 4.79 Å². The molecule has 0 bridgehead atoms. The van der Waals surface area contributed by atoms with Crippen molar-refractivity contribution in [3.63, 3.8) is 0 Å². The van der Waals surface area contributed by atoms with Gasteiger partial charge in [-0.25, -0.2) is 9.37 Å². The zero-order valence-electron chi connectivity index (χ0n) is 11.2. The van der Waals surface area contributed by atoms with Gasteiger partial charge in [0.1, 0.15) is 17.7 Å². The molecule has 1 aromatic heterocycles. The summed E-state index contributed by atoms with van der Waals surface area (Å²) in [7, 11) is 1.83. The summed E-state index contributed by atoms with van der Waals surface area (Å²) in [6.45, 7) is 0. The second-order valence-corrected chi connectivity index (χ2v) is 5.13. The summed E-state index contributed by atoms with van der Waals surface area (Å²) in [5.41, 5.74) is 0.441. The molecule has 1 amide bonds. The Kier molecular flexibility index (Phi) is 3.26. The lowest BCUT2D eigenvalue weighted by molar-refractivity contribution is -0.122. The molecule has 0 radical (unpaired) electrons. The largest absolute Gasteiger partial charge is 0.342 e. The minimum atomic E-state index is -0.552. The number of imidazole rings is 1. The van der Waals surface area contributed by atoms with Crippen LogP contribution in [0.1, 0.15) is 30.3 Å². The van der Waals surface area contributed by atoms with E-state index in [4.69, 9.17) is 0 Å². The molecule has 20 heavy (non-hydrogen) atoms. The minimum absolute atomic E-state index is 0.0266. The maximum atomic E-state index is 14.0. The fraction of sp³-hybridized carbons (Fsp3) is 0.333. The van der Waals surface area contributed by atoms with Crippen molar-refractivity contribution in [2.24, 2.45) is 13.0 Å². The Morgan fingerprint density at radius 1 is 1.45 bits per heavy atom. The molecule has 3 rings (SSSR count). The molecule has 4 nitrogen and oxygen atoms in total. The molecule has 104 valence electrons. The number of benzene rings is 1. The highest BCUT2D eigenvalue weighted by Gasteiger charge is 2.33. The van der Waals surface area contributed by atoms with Crippen LogP contribution < -0.4 is 5.32 Å². The van der Waals surface area contributed by atoms with Gasteiger partial charge in [0.2, 0.25) is 5.91 Å². The summed E-state index contributed by atoms with van der Waals surface area (Å²) in [5, 5.41) is 2.92. The van der Waals surface area contributed by atoms with Crippen LogP contribution in [-0.2, 0) is 11.8 Å². The normalized spacial score (nSPS) is 15.9. The van der Waals surface area contributed by atoms with Gasteiger partial charge in [0, 0.05) is 30.9 Å². The van der Waals surface area contributed by atoms with E-state index in [1.807, 2.05) is 7.05 Å². The third kappa shape index (κ3) is 2.43. The van der Waals surface area contributed by atoms with Crippen molar-refractivity contribution in [1.82, 2.24) is 14.9 Å². The quantitative estimate of drug-likeness (QED) is 0.928. The Morgan fingerprint density at radius 2 is 2.20 bits per heavy atom. The highest BCUT2D eigenvalue weighted by Crippen LogP contribution is 2.31. The van der Waals surface area contributed by atoms with Gasteiger partial charge < -0.3 is 9.88 Å². The number of nitrogens with zero attached hydrogens (tertiary/aromatic N) is 2. The van der Waals surface area contributed by atoms with Crippen LogP contribution >= 0.6 is 0 Å². The van der Waals surface area contributed by atoms with Gasteiger partial charge in [-0.1, -0.05) is 18.2 Å². The van der Waals surface area contributed by atoms with Crippen molar-refractivity contribution >= 4 is 5.91 Å². The smallest absolute Gasteiger partial charge is 0.223 e. The van der Waals surface area contributed by atoms with E-state index in [1.54, 1.807) is 35.2 Å². The lowest BCUT2D eigenvalue weighted by Gasteiger charge is -2.19. The third-order valence-electron chi connectivity index (χ3n) is 3.57. The predicted octanol–water partition coefficient (Wildman–Crippen LogP) is 2.17. The summed E-state index contributed by atoms with van der Waals surface area (Å²) in [4.78, 5) is 16.3. The highest BCUT2D eigenvalue weighted by atomic mass is 19.1. The first-order valence-corrected chi connectivity index (χ1v) is 6.69. The lowest BCUT2D eigenvalue weighted by atomic mass is 10.0. The first-order valence-electron chi connectivity index (χ1n) is 6.69. The first kappa shape index (κ1) is 12.8. The Hall–Kier alpha value is -2.17. The molecule has 0 saturated heterocycles. The molecule has 0 spiro atoms. The van der Waals surface area contributed by atoms with Gasteiger partial charge in [0.05, 0.1) is 0 Å². The molecule has 1 aliphatic carbocycles. The van der Waals surface area contributed by atoms with Crippen molar-refractivity contribution in [3.8, 4) is 0 Å². The minimum Gasteiger partial charge on any atom is -0.342 e. The van der Waals surface area contributed by atoms with E-state index in [-0.39, 0.29) is 17.6 Å². The second kappa shape index (κ2) is 5.07. The predicted molar refractivity (Wildman–Crippen MR) is 72.3 cm³/mol. The van der Waals surface area contributed by atoms with Crippen LogP contribution in [0.25, 0.3) is 0 Å². The Balaban J connectivity index is 1.97. The molecule has 2 aromatic rings. The molecule has 1 fully saturated rings. The van der Waals surface area contributed by atoms with E-state index in [9.17, 15) is 9.18 Å². The zero-order valence-corrected chi connectivity index (χ0v) is 11.2. The van der Waals surface area contributed by atoms with Crippen LogP contribution in [0.3, 0.4) is 0 Å². The van der Waals surface area contributed by atoms with Crippen molar-refractivity contribution < 1.29 is 9.18 Å². The van der Waals surface area contributed by atoms with Crippen molar-refractivity contribution in [2.45, 2.75) is 18.9 Å². The number of amides is 1. The number of halogens is 1. The van der Waals surface area contributed by atoms with E-state index in [1.165, 1.54) is 6.07 Å². The van der Waals surface area contributed by atoms with Crippen LogP contribution in [0.4, 0.5) is 4.39 Å². The van der Waals surface area contributed by atoms with Crippen molar-refractivity contribution in [1.29, 1.82) is 0 Å². The number of rotatable bonds is 4. The molecular formula is C15H16FN3O. The van der Waals surface area contributed by atoms with E-state index < -0.39 is 6.04 Å². The fourth-order valence-electron chi connectivity index (χ4n) is 2.25. The Bertz CT molecular complexity index is 634. The average molecular weight is 273 g/mol. The van der Waals surface area contributed by atoms with Crippen LogP contribution in [0.5, 0.6) is 0 Å². The molecule has 1 aromatic carbocycles. The molecule has 0 aliphatic heterocycles. The van der Waals surface area contributed by atoms with Crippen LogP contribution in [0.2, 0.25) is 0 Å². The monoisotopic (exact) mass is 273 g/mol. The van der Waals surface area contributed by atoms with Gasteiger partial charge in [-0.05, 0) is 18.9 Å².